The van der Waals surface area contributed by atoms with E-state index in [1.165, 1.54) is 11.4 Å². The van der Waals surface area contributed by atoms with Gasteiger partial charge in [0.15, 0.2) is 5.76 Å². The number of aryl methyl sites for hydroxylation is 2. The molecular formula is C34H28Br2N4O3. The highest BCUT2D eigenvalue weighted by Crippen LogP contribution is 2.26. The first-order chi connectivity index (χ1) is 20.9. The van der Waals surface area contributed by atoms with Crippen LogP contribution in [-0.4, -0.2) is 21.3 Å². The average molecular weight is 700 g/mol. The van der Waals surface area contributed by atoms with Gasteiger partial charge in [-0.25, -0.2) is 5.43 Å². The van der Waals surface area contributed by atoms with Crippen molar-refractivity contribution in [2.24, 2.45) is 5.10 Å². The summed E-state index contributed by atoms with van der Waals surface area (Å²) in [5.74, 6) is 0.973. The van der Waals surface area contributed by atoms with Gasteiger partial charge in [-0.15, -0.1) is 0 Å². The Labute approximate surface area is 266 Å². The molecule has 3 heterocycles. The zero-order chi connectivity index (χ0) is 29.9. The number of furan rings is 1. The predicted molar refractivity (Wildman–Crippen MR) is 176 cm³/mol. The van der Waals surface area contributed by atoms with Crippen LogP contribution in [0.5, 0.6) is 5.75 Å². The van der Waals surface area contributed by atoms with Gasteiger partial charge >= 0.3 is 5.91 Å². The molecule has 0 aliphatic heterocycles. The highest BCUT2D eigenvalue weighted by Gasteiger charge is 2.13. The molecule has 6 rings (SSSR count). The van der Waals surface area contributed by atoms with Crippen molar-refractivity contribution in [1.29, 1.82) is 0 Å². The van der Waals surface area contributed by atoms with Crippen molar-refractivity contribution in [3.63, 3.8) is 0 Å². The van der Waals surface area contributed by atoms with Gasteiger partial charge in [-0.05, 0) is 86.1 Å². The summed E-state index contributed by atoms with van der Waals surface area (Å²) in [6, 6.07) is 29.7. The Morgan fingerprint density at radius 2 is 1.72 bits per heavy atom. The number of nitrogens with one attached hydrogen (secondary N) is 1. The summed E-state index contributed by atoms with van der Waals surface area (Å²) in [6.07, 6.45) is 3.69. The van der Waals surface area contributed by atoms with Crippen molar-refractivity contribution in [2.75, 3.05) is 0 Å². The van der Waals surface area contributed by atoms with Gasteiger partial charge in [0.25, 0.3) is 0 Å². The van der Waals surface area contributed by atoms with E-state index in [1.807, 2.05) is 60.8 Å². The van der Waals surface area contributed by atoms with Gasteiger partial charge in [0, 0.05) is 55.2 Å². The van der Waals surface area contributed by atoms with E-state index in [0.29, 0.717) is 18.1 Å². The highest BCUT2D eigenvalue weighted by atomic mass is 79.9. The summed E-state index contributed by atoms with van der Waals surface area (Å²) in [5, 5.41) is 5.26. The predicted octanol–water partition coefficient (Wildman–Crippen LogP) is 8.56. The molecule has 43 heavy (non-hydrogen) atoms. The summed E-state index contributed by atoms with van der Waals surface area (Å²) >= 11 is 7.17. The fourth-order valence-corrected chi connectivity index (χ4v) is 6.23. The molecule has 0 bridgehead atoms. The fourth-order valence-electron chi connectivity index (χ4n) is 5.06. The molecule has 1 amide bonds. The van der Waals surface area contributed by atoms with Crippen LogP contribution in [0.25, 0.3) is 16.6 Å². The molecule has 3 aromatic carbocycles. The van der Waals surface area contributed by atoms with Crippen molar-refractivity contribution < 1.29 is 13.9 Å². The second-order valence-electron chi connectivity index (χ2n) is 10.2. The van der Waals surface area contributed by atoms with Crippen LogP contribution in [0.3, 0.4) is 0 Å². The second-order valence-corrected chi connectivity index (χ2v) is 11.9. The monoisotopic (exact) mass is 698 g/mol. The number of nitrogens with zero attached hydrogens (tertiary/aromatic N) is 3. The molecule has 0 unspecified atom stereocenters. The molecule has 7 nitrogen and oxygen atoms in total. The molecule has 3 aromatic heterocycles. The number of carbonyl (C=O) groups is 1. The van der Waals surface area contributed by atoms with E-state index < -0.39 is 5.91 Å². The van der Waals surface area contributed by atoms with E-state index in [9.17, 15) is 4.79 Å². The van der Waals surface area contributed by atoms with Crippen LogP contribution in [0.1, 0.15) is 38.8 Å². The third-order valence-electron chi connectivity index (χ3n) is 7.18. The fraction of sp³-hybridized carbons (Fsp3) is 0.118. The van der Waals surface area contributed by atoms with Crippen LogP contribution in [0.2, 0.25) is 0 Å². The summed E-state index contributed by atoms with van der Waals surface area (Å²) in [5.41, 5.74) is 9.12. The van der Waals surface area contributed by atoms with Gasteiger partial charge in [0.2, 0.25) is 0 Å². The lowest BCUT2D eigenvalue weighted by atomic mass is 10.2. The number of hydrogen-bond donors (Lipinski definition) is 1. The van der Waals surface area contributed by atoms with E-state index >= 15 is 0 Å². The molecule has 9 heteroatoms. The minimum absolute atomic E-state index is 0.159. The molecule has 0 spiro atoms. The van der Waals surface area contributed by atoms with Crippen LogP contribution in [-0.2, 0) is 13.2 Å². The molecule has 0 saturated heterocycles. The van der Waals surface area contributed by atoms with Crippen LogP contribution < -0.4 is 10.2 Å². The Morgan fingerprint density at radius 3 is 2.49 bits per heavy atom. The number of rotatable bonds is 9. The van der Waals surface area contributed by atoms with Crippen molar-refractivity contribution in [2.45, 2.75) is 27.0 Å². The van der Waals surface area contributed by atoms with Gasteiger partial charge in [0.05, 0.1) is 6.21 Å². The lowest BCUT2D eigenvalue weighted by Crippen LogP contribution is -2.16. The van der Waals surface area contributed by atoms with Gasteiger partial charge in [-0.1, -0.05) is 56.1 Å². The Kier molecular flexibility index (Phi) is 8.35. The quantitative estimate of drug-likeness (QED) is 0.121. The smallest absolute Gasteiger partial charge is 0.307 e. The second kappa shape index (κ2) is 12.5. The van der Waals surface area contributed by atoms with Gasteiger partial charge in [-0.2, -0.15) is 5.10 Å². The Bertz CT molecular complexity index is 1930. The first kappa shape index (κ1) is 28.8. The lowest BCUT2D eigenvalue weighted by molar-refractivity contribution is 0.0923. The molecule has 216 valence electrons. The number of hydrogen-bond acceptors (Lipinski definition) is 4. The van der Waals surface area contributed by atoms with Crippen LogP contribution in [0.4, 0.5) is 0 Å². The number of fused-ring (bicyclic) bond motifs is 1. The van der Waals surface area contributed by atoms with Crippen LogP contribution in [0.15, 0.2) is 116 Å². The number of para-hydroxylation sites is 1. The van der Waals surface area contributed by atoms with Crippen LogP contribution >= 0.6 is 31.9 Å². The standard InChI is InChI=1S/C34H28Br2N4O3/c1-22-7-8-23(2)40(22)27-11-13-28(14-12-27)42-21-29-15-16-33(43-29)34(41)38-37-18-25-20-39(32-6-4-3-5-30(25)32)19-24-9-10-26(35)17-31(24)36/h3-18,20H,19,21H2,1-2H3,(H,38,41)/b37-18+. The zero-order valence-corrected chi connectivity index (χ0v) is 26.7. The minimum atomic E-state index is -0.438. The molecule has 0 aliphatic rings. The minimum Gasteiger partial charge on any atom is -0.486 e. The summed E-state index contributed by atoms with van der Waals surface area (Å²) < 4.78 is 18.0. The number of ether oxygens (including phenoxy) is 1. The third kappa shape index (κ3) is 6.38. The Balaban J connectivity index is 1.08. The van der Waals surface area contributed by atoms with Crippen LogP contribution in [0, 0.1) is 13.8 Å². The number of carbonyl (C=O) groups excluding carboxylic acids is 1. The molecule has 0 aliphatic carbocycles. The van der Waals surface area contributed by atoms with E-state index in [0.717, 1.165) is 36.7 Å². The maximum atomic E-state index is 12.7. The first-order valence-electron chi connectivity index (χ1n) is 13.7. The van der Waals surface area contributed by atoms with Crippen molar-refractivity contribution >= 4 is 54.9 Å². The summed E-state index contributed by atoms with van der Waals surface area (Å²) in [4.78, 5) is 12.7. The lowest BCUT2D eigenvalue weighted by Gasteiger charge is -2.10. The van der Waals surface area contributed by atoms with E-state index in [4.69, 9.17) is 9.15 Å². The number of benzene rings is 3. The number of aromatic nitrogens is 2. The van der Waals surface area contributed by atoms with Gasteiger partial charge < -0.3 is 18.3 Å². The van der Waals surface area contributed by atoms with E-state index in [1.54, 1.807) is 18.3 Å². The highest BCUT2D eigenvalue weighted by molar-refractivity contribution is 9.11. The topological polar surface area (TPSA) is 73.7 Å². The van der Waals surface area contributed by atoms with Crippen molar-refractivity contribution in [3.8, 4) is 11.4 Å². The molecule has 1 N–H and O–H groups in total. The van der Waals surface area contributed by atoms with E-state index in [-0.39, 0.29) is 12.4 Å². The van der Waals surface area contributed by atoms with Gasteiger partial charge in [-0.3, -0.25) is 4.79 Å². The summed E-state index contributed by atoms with van der Waals surface area (Å²) in [7, 11) is 0. The Hall–Kier alpha value is -4.34. The molecular weight excluding hydrogens is 672 g/mol. The van der Waals surface area contributed by atoms with Crippen molar-refractivity contribution in [1.82, 2.24) is 14.6 Å². The SMILES string of the molecule is Cc1ccc(C)n1-c1ccc(OCc2ccc(C(=O)N/N=C/c3cn(Cc4ccc(Br)cc4Br)c4ccccc34)o2)cc1. The normalized spacial score (nSPS) is 11.4. The third-order valence-corrected chi connectivity index (χ3v) is 8.41. The summed E-state index contributed by atoms with van der Waals surface area (Å²) in [6.45, 7) is 5.04. The molecule has 0 saturated carbocycles. The molecule has 0 atom stereocenters. The number of amides is 1. The average Bonchev–Trinajstić information content (AvgIpc) is 3.71. The van der Waals surface area contributed by atoms with Gasteiger partial charge in [0.1, 0.15) is 18.1 Å². The number of halogens is 2. The molecule has 6 aromatic rings. The van der Waals surface area contributed by atoms with Crippen molar-refractivity contribution in [3.05, 3.63) is 140 Å². The molecule has 0 radical (unpaired) electrons. The zero-order valence-electron chi connectivity index (χ0n) is 23.6. The molecule has 0 fully saturated rings. The van der Waals surface area contributed by atoms with E-state index in [2.05, 4.69) is 89.6 Å². The number of hydrazone groups is 1. The maximum absolute atomic E-state index is 12.7. The first-order valence-corrected chi connectivity index (χ1v) is 15.3. The Morgan fingerprint density at radius 1 is 0.953 bits per heavy atom. The maximum Gasteiger partial charge on any atom is 0.307 e. The largest absolute Gasteiger partial charge is 0.486 e.